The van der Waals surface area contributed by atoms with E-state index in [1.807, 2.05) is 18.2 Å². The Kier molecular flexibility index (Phi) is 7.58. The number of thioether (sulfide) groups is 1. The number of ether oxygens (including phenoxy) is 2. The largest absolute Gasteiger partial charge is 0.484 e. The van der Waals surface area contributed by atoms with Gasteiger partial charge in [-0.05, 0) is 30.3 Å². The van der Waals surface area contributed by atoms with Crippen molar-refractivity contribution in [2.45, 2.75) is 18.0 Å². The lowest BCUT2D eigenvalue weighted by Gasteiger charge is -2.31. The van der Waals surface area contributed by atoms with Crippen LogP contribution in [-0.2, 0) is 22.3 Å². The summed E-state index contributed by atoms with van der Waals surface area (Å²) in [5, 5.41) is 10.6. The number of anilines is 2. The molecule has 1 aliphatic rings. The van der Waals surface area contributed by atoms with Gasteiger partial charge in [0, 0.05) is 13.1 Å². The highest BCUT2D eigenvalue weighted by atomic mass is 32.2. The van der Waals surface area contributed by atoms with Gasteiger partial charge in [-0.15, -0.1) is 10.2 Å². The zero-order valence-corrected chi connectivity index (χ0v) is 18.7. The molecule has 1 aliphatic heterocycles. The second-order valence-electron chi connectivity index (χ2n) is 7.23. The maximum Gasteiger partial charge on any atom is 0.416 e. The van der Waals surface area contributed by atoms with Gasteiger partial charge in [-0.25, -0.2) is 0 Å². The molecule has 1 N–H and O–H groups in total. The first-order valence-electron chi connectivity index (χ1n) is 10.4. The summed E-state index contributed by atoms with van der Waals surface area (Å²) in [4.78, 5) is 14.3. The summed E-state index contributed by atoms with van der Waals surface area (Å²) in [5.74, 6) is 0.427. The SMILES string of the molecule is O=C(CSc1nnc(COc2ccccc2)o1)Nc1ccc(C(F)(F)F)cc1N1CCOCC1. The fourth-order valence-electron chi connectivity index (χ4n) is 3.21. The number of carbonyl (C=O) groups excluding carboxylic acids is 1. The van der Waals surface area contributed by atoms with Crippen LogP contribution in [-0.4, -0.2) is 48.2 Å². The molecule has 0 radical (unpaired) electrons. The maximum absolute atomic E-state index is 13.2. The van der Waals surface area contributed by atoms with E-state index in [-0.39, 0.29) is 23.5 Å². The monoisotopic (exact) mass is 494 g/mol. The van der Waals surface area contributed by atoms with E-state index in [1.54, 1.807) is 17.0 Å². The summed E-state index contributed by atoms with van der Waals surface area (Å²) in [6.45, 7) is 1.72. The van der Waals surface area contributed by atoms with Crippen LogP contribution in [0.1, 0.15) is 11.5 Å². The summed E-state index contributed by atoms with van der Waals surface area (Å²) < 4.78 is 56.0. The molecule has 180 valence electrons. The van der Waals surface area contributed by atoms with Crippen LogP contribution in [0.4, 0.5) is 24.5 Å². The molecular weight excluding hydrogens is 473 g/mol. The van der Waals surface area contributed by atoms with Crippen molar-refractivity contribution in [3.8, 4) is 5.75 Å². The first-order chi connectivity index (χ1) is 16.4. The number of nitrogens with one attached hydrogen (secondary N) is 1. The standard InChI is InChI=1S/C22H21F3N4O4S/c23-22(24,25)15-6-7-17(18(12-15)29-8-10-31-11-9-29)26-19(30)14-34-21-28-27-20(33-21)13-32-16-4-2-1-3-5-16/h1-7,12H,8-11,13-14H2,(H,26,30). The lowest BCUT2D eigenvalue weighted by molar-refractivity contribution is -0.137. The highest BCUT2D eigenvalue weighted by Gasteiger charge is 2.32. The number of rotatable bonds is 8. The van der Waals surface area contributed by atoms with Crippen LogP contribution >= 0.6 is 11.8 Å². The number of aromatic nitrogens is 2. The molecule has 34 heavy (non-hydrogen) atoms. The van der Waals surface area contributed by atoms with E-state index < -0.39 is 17.6 Å². The molecule has 3 aromatic rings. The number of carbonyl (C=O) groups is 1. The number of hydrogen-bond acceptors (Lipinski definition) is 8. The highest BCUT2D eigenvalue weighted by Crippen LogP contribution is 2.36. The maximum atomic E-state index is 13.2. The van der Waals surface area contributed by atoms with Gasteiger partial charge < -0.3 is 24.1 Å². The van der Waals surface area contributed by atoms with E-state index in [1.165, 1.54) is 6.07 Å². The predicted molar refractivity (Wildman–Crippen MR) is 119 cm³/mol. The van der Waals surface area contributed by atoms with Crippen LogP contribution in [0.15, 0.2) is 58.2 Å². The molecule has 0 atom stereocenters. The Balaban J connectivity index is 1.36. The fourth-order valence-corrected chi connectivity index (χ4v) is 3.79. The third kappa shape index (κ3) is 6.41. The van der Waals surface area contributed by atoms with Crippen molar-refractivity contribution in [2.24, 2.45) is 0 Å². The summed E-state index contributed by atoms with van der Waals surface area (Å²) in [5.41, 5.74) is -0.185. The average molecular weight is 494 g/mol. The lowest BCUT2D eigenvalue weighted by Crippen LogP contribution is -2.37. The van der Waals surface area contributed by atoms with E-state index in [0.717, 1.165) is 23.9 Å². The summed E-state index contributed by atoms with van der Waals surface area (Å²) in [6, 6.07) is 12.4. The van der Waals surface area contributed by atoms with E-state index in [2.05, 4.69) is 15.5 Å². The van der Waals surface area contributed by atoms with Crippen molar-refractivity contribution in [3.05, 3.63) is 60.0 Å². The summed E-state index contributed by atoms with van der Waals surface area (Å²) >= 11 is 1.02. The summed E-state index contributed by atoms with van der Waals surface area (Å²) in [7, 11) is 0. The number of nitrogens with zero attached hydrogens (tertiary/aromatic N) is 3. The number of amides is 1. The average Bonchev–Trinajstić information content (AvgIpc) is 3.30. The van der Waals surface area contributed by atoms with Crippen LogP contribution in [0.25, 0.3) is 0 Å². The third-order valence-electron chi connectivity index (χ3n) is 4.83. The highest BCUT2D eigenvalue weighted by molar-refractivity contribution is 7.99. The first-order valence-corrected chi connectivity index (χ1v) is 11.3. The Morgan fingerprint density at radius 2 is 1.88 bits per heavy atom. The molecule has 1 saturated heterocycles. The van der Waals surface area contributed by atoms with Crippen molar-refractivity contribution >= 4 is 29.0 Å². The van der Waals surface area contributed by atoms with Crippen molar-refractivity contribution < 1.29 is 31.9 Å². The normalized spacial score (nSPS) is 14.1. The Labute approximate surface area is 197 Å². The van der Waals surface area contributed by atoms with Crippen LogP contribution in [0.3, 0.4) is 0 Å². The van der Waals surface area contributed by atoms with Gasteiger partial charge in [-0.2, -0.15) is 13.2 Å². The predicted octanol–water partition coefficient (Wildman–Crippen LogP) is 4.23. The Morgan fingerprint density at radius 3 is 2.62 bits per heavy atom. The topological polar surface area (TPSA) is 89.7 Å². The van der Waals surface area contributed by atoms with Gasteiger partial charge in [0.2, 0.25) is 5.91 Å². The Hall–Kier alpha value is -3.25. The van der Waals surface area contributed by atoms with Crippen molar-refractivity contribution in [1.82, 2.24) is 10.2 Å². The first kappa shape index (κ1) is 23.9. The van der Waals surface area contributed by atoms with Crippen LogP contribution in [0.5, 0.6) is 5.75 Å². The molecule has 0 spiro atoms. The van der Waals surface area contributed by atoms with E-state index >= 15 is 0 Å². The zero-order chi connectivity index (χ0) is 24.0. The fraction of sp³-hybridized carbons (Fsp3) is 0.318. The second kappa shape index (κ2) is 10.8. The van der Waals surface area contributed by atoms with Crippen molar-refractivity contribution in [2.75, 3.05) is 42.3 Å². The number of hydrogen-bond donors (Lipinski definition) is 1. The molecule has 1 fully saturated rings. The quantitative estimate of drug-likeness (QED) is 0.466. The Bertz CT molecular complexity index is 1110. The van der Waals surface area contributed by atoms with E-state index in [0.29, 0.717) is 43.4 Å². The van der Waals surface area contributed by atoms with Gasteiger partial charge >= 0.3 is 6.18 Å². The molecule has 0 saturated carbocycles. The number of morpholine rings is 1. The molecular formula is C22H21F3N4O4S. The van der Waals surface area contributed by atoms with Gasteiger partial charge in [0.25, 0.3) is 11.1 Å². The molecule has 0 bridgehead atoms. The number of halogens is 3. The van der Waals surface area contributed by atoms with E-state index in [4.69, 9.17) is 13.9 Å². The molecule has 2 heterocycles. The smallest absolute Gasteiger partial charge is 0.416 e. The Morgan fingerprint density at radius 1 is 1.12 bits per heavy atom. The molecule has 1 amide bonds. The van der Waals surface area contributed by atoms with Crippen molar-refractivity contribution in [1.29, 1.82) is 0 Å². The minimum atomic E-state index is -4.49. The van der Waals surface area contributed by atoms with Crippen molar-refractivity contribution in [3.63, 3.8) is 0 Å². The van der Waals surface area contributed by atoms with Gasteiger partial charge in [-0.3, -0.25) is 4.79 Å². The number of benzene rings is 2. The number of para-hydroxylation sites is 1. The summed E-state index contributed by atoms with van der Waals surface area (Å²) in [6.07, 6.45) is -4.49. The molecule has 12 heteroatoms. The van der Waals surface area contributed by atoms with Crippen LogP contribution in [0.2, 0.25) is 0 Å². The number of alkyl halides is 3. The molecule has 2 aromatic carbocycles. The third-order valence-corrected chi connectivity index (χ3v) is 5.65. The van der Waals surface area contributed by atoms with E-state index in [9.17, 15) is 18.0 Å². The lowest BCUT2D eigenvalue weighted by atomic mass is 10.1. The zero-order valence-electron chi connectivity index (χ0n) is 17.9. The molecule has 0 aliphatic carbocycles. The van der Waals surface area contributed by atoms with Gasteiger partial charge in [0.1, 0.15) is 5.75 Å². The van der Waals surface area contributed by atoms with Gasteiger partial charge in [-0.1, -0.05) is 30.0 Å². The van der Waals surface area contributed by atoms with Gasteiger partial charge in [0.15, 0.2) is 6.61 Å². The molecule has 4 rings (SSSR count). The minimum absolute atomic E-state index is 0.0647. The second-order valence-corrected chi connectivity index (χ2v) is 8.16. The molecule has 1 aromatic heterocycles. The van der Waals surface area contributed by atoms with Crippen LogP contribution < -0.4 is 15.0 Å². The minimum Gasteiger partial charge on any atom is -0.484 e. The molecule has 8 nitrogen and oxygen atoms in total. The molecule has 0 unspecified atom stereocenters. The van der Waals surface area contributed by atoms with Gasteiger partial charge in [0.05, 0.1) is 35.9 Å². The van der Waals surface area contributed by atoms with Crippen LogP contribution in [0, 0.1) is 0 Å².